The van der Waals surface area contributed by atoms with Crippen molar-refractivity contribution in [3.63, 3.8) is 0 Å². The number of thioether (sulfide) groups is 1. The standard InChI is InChI=1S/C12H22N2OS/c1-3-15-10-9-14-8-7-13-12(14)6-5-11-16-4-2/h7-8H,3-6,9-11H2,1-2H3/p+1. The van der Waals surface area contributed by atoms with Gasteiger partial charge in [0.15, 0.2) is 0 Å². The summed E-state index contributed by atoms with van der Waals surface area (Å²) >= 11 is 2.01. The van der Waals surface area contributed by atoms with Gasteiger partial charge in [-0.3, -0.25) is 0 Å². The van der Waals surface area contributed by atoms with Crippen molar-refractivity contribution in [2.75, 3.05) is 24.7 Å². The van der Waals surface area contributed by atoms with Crippen molar-refractivity contribution in [3.8, 4) is 0 Å². The molecule has 0 aliphatic heterocycles. The van der Waals surface area contributed by atoms with E-state index in [0.717, 1.165) is 26.2 Å². The van der Waals surface area contributed by atoms with Crippen LogP contribution in [0.2, 0.25) is 0 Å². The number of imidazole rings is 1. The maximum absolute atomic E-state index is 5.37. The van der Waals surface area contributed by atoms with Gasteiger partial charge in [-0.1, -0.05) is 6.92 Å². The van der Waals surface area contributed by atoms with E-state index < -0.39 is 0 Å². The average molecular weight is 243 g/mol. The largest absolute Gasteiger partial charge is 0.378 e. The molecule has 0 bridgehead atoms. The zero-order chi connectivity index (χ0) is 11.6. The zero-order valence-corrected chi connectivity index (χ0v) is 11.2. The summed E-state index contributed by atoms with van der Waals surface area (Å²) in [6.07, 6.45) is 6.48. The number of ether oxygens (including phenoxy) is 1. The van der Waals surface area contributed by atoms with Crippen molar-refractivity contribution in [2.45, 2.75) is 33.2 Å². The Labute approximate surface area is 103 Å². The van der Waals surface area contributed by atoms with E-state index >= 15 is 0 Å². The Morgan fingerprint density at radius 3 is 3.06 bits per heavy atom. The fourth-order valence-electron chi connectivity index (χ4n) is 1.61. The summed E-state index contributed by atoms with van der Waals surface area (Å²) in [5.41, 5.74) is 0. The minimum Gasteiger partial charge on any atom is -0.378 e. The molecule has 1 aromatic heterocycles. The highest BCUT2D eigenvalue weighted by atomic mass is 32.2. The van der Waals surface area contributed by atoms with Crippen LogP contribution in [-0.4, -0.2) is 29.7 Å². The molecule has 4 heteroatoms. The van der Waals surface area contributed by atoms with E-state index in [1.807, 2.05) is 24.9 Å². The maximum atomic E-state index is 5.37. The van der Waals surface area contributed by atoms with Gasteiger partial charge in [-0.25, -0.2) is 9.55 Å². The first-order chi connectivity index (χ1) is 7.88. The van der Waals surface area contributed by atoms with Crippen molar-refractivity contribution in [2.24, 2.45) is 0 Å². The Kier molecular flexibility index (Phi) is 7.34. The molecule has 0 spiro atoms. The maximum Gasteiger partial charge on any atom is 0.254 e. The van der Waals surface area contributed by atoms with Gasteiger partial charge in [0.05, 0.1) is 6.61 Å². The molecule has 16 heavy (non-hydrogen) atoms. The van der Waals surface area contributed by atoms with Crippen molar-refractivity contribution >= 4 is 11.8 Å². The van der Waals surface area contributed by atoms with E-state index in [-0.39, 0.29) is 0 Å². The molecule has 1 aromatic rings. The number of rotatable bonds is 9. The molecule has 1 rings (SSSR count). The van der Waals surface area contributed by atoms with Gasteiger partial charge in [-0.2, -0.15) is 11.8 Å². The molecule has 0 unspecified atom stereocenters. The van der Waals surface area contributed by atoms with Crippen molar-refractivity contribution in [3.05, 3.63) is 18.2 Å². The van der Waals surface area contributed by atoms with Gasteiger partial charge in [-0.05, 0) is 24.9 Å². The van der Waals surface area contributed by atoms with Crippen LogP contribution in [0.4, 0.5) is 0 Å². The molecule has 0 fully saturated rings. The third kappa shape index (κ3) is 5.03. The number of nitrogens with one attached hydrogen (secondary N) is 1. The Bertz CT molecular complexity index is 276. The fraction of sp³-hybridized carbons (Fsp3) is 0.750. The molecule has 0 saturated carbocycles. The lowest BCUT2D eigenvalue weighted by atomic mass is 10.3. The third-order valence-corrected chi connectivity index (χ3v) is 3.42. The van der Waals surface area contributed by atoms with Crippen LogP contribution >= 0.6 is 11.8 Å². The van der Waals surface area contributed by atoms with Gasteiger partial charge in [0.2, 0.25) is 0 Å². The number of aromatic amines is 1. The Morgan fingerprint density at radius 2 is 2.31 bits per heavy atom. The van der Waals surface area contributed by atoms with Gasteiger partial charge in [0.25, 0.3) is 5.82 Å². The molecule has 0 aliphatic rings. The van der Waals surface area contributed by atoms with Crippen molar-refractivity contribution in [1.82, 2.24) is 4.98 Å². The quantitative estimate of drug-likeness (QED) is 0.531. The lowest BCUT2D eigenvalue weighted by Crippen LogP contribution is -2.38. The van der Waals surface area contributed by atoms with Crippen LogP contribution in [-0.2, 0) is 17.7 Å². The topological polar surface area (TPSA) is 28.9 Å². The van der Waals surface area contributed by atoms with Crippen LogP contribution in [0.15, 0.2) is 12.4 Å². The van der Waals surface area contributed by atoms with Crippen LogP contribution < -0.4 is 4.57 Å². The van der Waals surface area contributed by atoms with Crippen LogP contribution in [0.25, 0.3) is 0 Å². The third-order valence-electron chi connectivity index (χ3n) is 2.44. The number of nitrogens with zero attached hydrogens (tertiary/aromatic N) is 1. The molecule has 0 radical (unpaired) electrons. The summed E-state index contributed by atoms with van der Waals surface area (Å²) in [6, 6.07) is 0. The molecule has 0 aliphatic carbocycles. The Balaban J connectivity index is 2.26. The molecule has 92 valence electrons. The molecule has 1 heterocycles. The first-order valence-electron chi connectivity index (χ1n) is 6.09. The highest BCUT2D eigenvalue weighted by Gasteiger charge is 2.09. The van der Waals surface area contributed by atoms with E-state index in [1.54, 1.807) is 0 Å². The summed E-state index contributed by atoms with van der Waals surface area (Å²) in [6.45, 7) is 6.79. The summed E-state index contributed by atoms with van der Waals surface area (Å²) in [5.74, 6) is 3.78. The van der Waals surface area contributed by atoms with Crippen LogP contribution in [0, 0.1) is 0 Å². The lowest BCUT2D eigenvalue weighted by Gasteiger charge is -2.01. The van der Waals surface area contributed by atoms with E-state index in [9.17, 15) is 0 Å². The molecule has 0 aromatic carbocycles. The lowest BCUT2D eigenvalue weighted by molar-refractivity contribution is -0.704. The summed E-state index contributed by atoms with van der Waals surface area (Å²) in [7, 11) is 0. The highest BCUT2D eigenvalue weighted by molar-refractivity contribution is 7.99. The minimum atomic E-state index is 0.799. The second kappa shape index (κ2) is 8.65. The van der Waals surface area contributed by atoms with E-state index in [2.05, 4.69) is 22.7 Å². The van der Waals surface area contributed by atoms with Crippen LogP contribution in [0.5, 0.6) is 0 Å². The number of aromatic nitrogens is 2. The van der Waals surface area contributed by atoms with E-state index in [1.165, 1.54) is 23.8 Å². The predicted octanol–water partition coefficient (Wildman–Crippen LogP) is 2.02. The van der Waals surface area contributed by atoms with Gasteiger partial charge in [-0.15, -0.1) is 0 Å². The number of hydrogen-bond acceptors (Lipinski definition) is 2. The van der Waals surface area contributed by atoms with Gasteiger partial charge >= 0.3 is 0 Å². The minimum absolute atomic E-state index is 0.799. The van der Waals surface area contributed by atoms with Gasteiger partial charge < -0.3 is 4.74 Å². The summed E-state index contributed by atoms with van der Waals surface area (Å²) < 4.78 is 7.62. The molecular formula is C12H23N2OS+. The second-order valence-electron chi connectivity index (χ2n) is 3.60. The number of H-pyrrole nitrogens is 1. The molecule has 0 amide bonds. The Hall–Kier alpha value is -0.480. The molecule has 0 atom stereocenters. The number of hydrogen-bond donors (Lipinski definition) is 1. The molecular weight excluding hydrogens is 220 g/mol. The summed E-state index contributed by atoms with van der Waals surface area (Å²) in [4.78, 5) is 3.31. The average Bonchev–Trinajstić information content (AvgIpc) is 2.73. The summed E-state index contributed by atoms with van der Waals surface area (Å²) in [5, 5.41) is 0. The van der Waals surface area contributed by atoms with Gasteiger partial charge in [0, 0.05) is 13.0 Å². The fourth-order valence-corrected chi connectivity index (χ4v) is 2.25. The SMILES string of the molecule is CCOCC[n+]1cc[nH]c1CCCSCC. The molecule has 0 saturated heterocycles. The monoisotopic (exact) mass is 243 g/mol. The van der Waals surface area contributed by atoms with E-state index in [4.69, 9.17) is 4.74 Å². The van der Waals surface area contributed by atoms with Crippen LogP contribution in [0.1, 0.15) is 26.1 Å². The van der Waals surface area contributed by atoms with E-state index in [0.29, 0.717) is 0 Å². The second-order valence-corrected chi connectivity index (χ2v) is 4.99. The normalized spacial score (nSPS) is 10.9. The Morgan fingerprint density at radius 1 is 1.44 bits per heavy atom. The highest BCUT2D eigenvalue weighted by Crippen LogP contribution is 2.03. The predicted molar refractivity (Wildman–Crippen MR) is 68.8 cm³/mol. The van der Waals surface area contributed by atoms with Gasteiger partial charge in [0.1, 0.15) is 18.9 Å². The first-order valence-corrected chi connectivity index (χ1v) is 7.25. The number of aryl methyl sites for hydroxylation is 1. The smallest absolute Gasteiger partial charge is 0.254 e. The van der Waals surface area contributed by atoms with Crippen molar-refractivity contribution < 1.29 is 9.30 Å². The first kappa shape index (κ1) is 13.6. The molecule has 3 nitrogen and oxygen atoms in total. The van der Waals surface area contributed by atoms with Crippen LogP contribution in [0.3, 0.4) is 0 Å². The zero-order valence-electron chi connectivity index (χ0n) is 10.4. The molecule has 1 N–H and O–H groups in total. The van der Waals surface area contributed by atoms with Crippen molar-refractivity contribution in [1.29, 1.82) is 0 Å².